The van der Waals surface area contributed by atoms with Crippen LogP contribution in [0.15, 0.2) is 47.4 Å². The molecule has 0 bridgehead atoms. The van der Waals surface area contributed by atoms with Crippen molar-refractivity contribution in [3.05, 3.63) is 53.6 Å². The number of nitrogens with zero attached hydrogens (tertiary/aromatic N) is 1. The van der Waals surface area contributed by atoms with Crippen LogP contribution in [0.2, 0.25) is 0 Å². The van der Waals surface area contributed by atoms with E-state index in [9.17, 15) is 13.2 Å². The number of carbonyl (C=O) groups is 1. The second-order valence-electron chi connectivity index (χ2n) is 6.93. The van der Waals surface area contributed by atoms with Crippen molar-refractivity contribution in [2.45, 2.75) is 17.2 Å². The lowest BCUT2D eigenvalue weighted by atomic mass is 10.2. The number of ether oxygens (including phenoxy) is 2. The number of hydrogen-bond donors (Lipinski definition) is 1. The van der Waals surface area contributed by atoms with Crippen molar-refractivity contribution in [1.82, 2.24) is 10.2 Å². The summed E-state index contributed by atoms with van der Waals surface area (Å²) in [5.74, 6) is 0.991. The molecule has 1 saturated heterocycles. The maximum atomic E-state index is 13.1. The summed E-state index contributed by atoms with van der Waals surface area (Å²) >= 11 is 0. The Labute approximate surface area is 171 Å². The van der Waals surface area contributed by atoms with E-state index < -0.39 is 15.2 Å². The average Bonchev–Trinajstić information content (AvgIpc) is 2.74. The third-order valence-electron chi connectivity index (χ3n) is 4.97. The molecule has 3 rings (SSSR count). The first-order valence-electron chi connectivity index (χ1n) is 9.47. The fourth-order valence-electron chi connectivity index (χ4n) is 3.32. The van der Waals surface area contributed by atoms with Gasteiger partial charge in [0.25, 0.3) is 0 Å². The molecule has 0 saturated carbocycles. The molecular formula is C21H26N2O5S. The fourth-order valence-corrected chi connectivity index (χ4v) is 5.09. The predicted octanol–water partition coefficient (Wildman–Crippen LogP) is 1.90. The summed E-state index contributed by atoms with van der Waals surface area (Å²) in [4.78, 5) is 13.2. The molecule has 1 N–H and O–H groups in total. The lowest BCUT2D eigenvalue weighted by molar-refractivity contribution is 0.112. The summed E-state index contributed by atoms with van der Waals surface area (Å²) in [6.45, 7) is 4.38. The normalized spacial score (nSPS) is 17.7. The highest BCUT2D eigenvalue weighted by Crippen LogP contribution is 2.28. The van der Waals surface area contributed by atoms with Gasteiger partial charge in [0, 0.05) is 31.7 Å². The molecule has 1 unspecified atom stereocenters. The van der Waals surface area contributed by atoms with Crippen molar-refractivity contribution in [2.24, 2.45) is 0 Å². The number of methoxy groups -OCH3 is 1. The number of sulfone groups is 1. The van der Waals surface area contributed by atoms with Crippen molar-refractivity contribution in [3.63, 3.8) is 0 Å². The topological polar surface area (TPSA) is 84.9 Å². The number of aldehydes is 1. The monoisotopic (exact) mass is 418 g/mol. The first-order valence-corrected chi connectivity index (χ1v) is 11.0. The Hall–Kier alpha value is -2.42. The van der Waals surface area contributed by atoms with Crippen LogP contribution in [-0.2, 0) is 9.84 Å². The third-order valence-corrected chi connectivity index (χ3v) is 7.08. The van der Waals surface area contributed by atoms with E-state index >= 15 is 0 Å². The standard InChI is InChI=1S/C21H26N2O5S/c1-16-3-6-18(7-4-16)29(25,26)21-14-22-9-10-23(21)11-12-28-19-8-5-17(15-24)13-20(19)27-2/h3-8,13,15,21-22H,9-12,14H2,1-2H3. The van der Waals surface area contributed by atoms with Crippen molar-refractivity contribution >= 4 is 16.1 Å². The van der Waals surface area contributed by atoms with E-state index in [2.05, 4.69) is 5.32 Å². The molecule has 2 aromatic rings. The summed E-state index contributed by atoms with van der Waals surface area (Å²) in [6.07, 6.45) is 0.744. The quantitative estimate of drug-likeness (QED) is 0.656. The predicted molar refractivity (Wildman–Crippen MR) is 110 cm³/mol. The SMILES string of the molecule is COc1cc(C=O)ccc1OCCN1CCNCC1S(=O)(=O)c1ccc(C)cc1. The van der Waals surface area contributed by atoms with Crippen molar-refractivity contribution in [1.29, 1.82) is 0 Å². The van der Waals surface area contributed by atoms with Gasteiger partial charge in [0.1, 0.15) is 18.3 Å². The molecular weight excluding hydrogens is 392 g/mol. The van der Waals surface area contributed by atoms with E-state index in [0.717, 1.165) is 18.4 Å². The molecule has 0 aromatic heterocycles. The second kappa shape index (κ2) is 9.39. The Morgan fingerprint density at radius 2 is 1.93 bits per heavy atom. The highest BCUT2D eigenvalue weighted by molar-refractivity contribution is 7.92. The highest BCUT2D eigenvalue weighted by Gasteiger charge is 2.34. The Balaban J connectivity index is 1.69. The first kappa shape index (κ1) is 21.3. The van der Waals surface area contributed by atoms with Crippen LogP contribution in [0, 0.1) is 6.92 Å². The zero-order valence-corrected chi connectivity index (χ0v) is 17.4. The zero-order chi connectivity index (χ0) is 20.9. The minimum atomic E-state index is -3.50. The number of carbonyl (C=O) groups excluding carboxylic acids is 1. The molecule has 7 nitrogen and oxygen atoms in total. The highest BCUT2D eigenvalue weighted by atomic mass is 32.2. The van der Waals surface area contributed by atoms with Gasteiger partial charge >= 0.3 is 0 Å². The van der Waals surface area contributed by atoms with Gasteiger partial charge in [-0.2, -0.15) is 0 Å². The van der Waals surface area contributed by atoms with Crippen LogP contribution >= 0.6 is 0 Å². The maximum absolute atomic E-state index is 13.1. The number of hydrogen-bond acceptors (Lipinski definition) is 7. The van der Waals surface area contributed by atoms with E-state index in [1.165, 1.54) is 7.11 Å². The summed E-state index contributed by atoms with van der Waals surface area (Å²) in [7, 11) is -1.99. The van der Waals surface area contributed by atoms with Crippen LogP contribution in [0.1, 0.15) is 15.9 Å². The molecule has 0 radical (unpaired) electrons. The van der Waals surface area contributed by atoms with Crippen LogP contribution in [-0.4, -0.2) is 64.9 Å². The van der Waals surface area contributed by atoms with Gasteiger partial charge in [0.05, 0.1) is 12.0 Å². The molecule has 1 fully saturated rings. The van der Waals surface area contributed by atoms with Gasteiger partial charge in [-0.15, -0.1) is 0 Å². The van der Waals surface area contributed by atoms with Crippen LogP contribution in [0.5, 0.6) is 11.5 Å². The zero-order valence-electron chi connectivity index (χ0n) is 16.6. The Bertz CT molecular complexity index is 944. The van der Waals surface area contributed by atoms with E-state index in [0.29, 0.717) is 48.2 Å². The third kappa shape index (κ3) is 4.95. The molecule has 0 amide bonds. The summed E-state index contributed by atoms with van der Waals surface area (Å²) in [5, 5.41) is 2.53. The minimum Gasteiger partial charge on any atom is -0.493 e. The van der Waals surface area contributed by atoms with E-state index in [1.54, 1.807) is 30.3 Å². The molecule has 1 aliphatic rings. The fraction of sp³-hybridized carbons (Fsp3) is 0.381. The molecule has 156 valence electrons. The maximum Gasteiger partial charge on any atom is 0.195 e. The van der Waals surface area contributed by atoms with Crippen molar-refractivity contribution in [3.8, 4) is 11.5 Å². The van der Waals surface area contributed by atoms with Gasteiger partial charge in [-0.3, -0.25) is 9.69 Å². The van der Waals surface area contributed by atoms with Gasteiger partial charge < -0.3 is 14.8 Å². The van der Waals surface area contributed by atoms with Gasteiger partial charge in [-0.1, -0.05) is 17.7 Å². The number of aryl methyl sites for hydroxylation is 1. The molecule has 2 aromatic carbocycles. The number of benzene rings is 2. The molecule has 29 heavy (non-hydrogen) atoms. The molecule has 1 aliphatic heterocycles. The number of piperazine rings is 1. The number of rotatable bonds is 8. The summed E-state index contributed by atoms with van der Waals surface area (Å²) in [6, 6.07) is 11.9. The average molecular weight is 419 g/mol. The van der Waals surface area contributed by atoms with Crippen molar-refractivity contribution in [2.75, 3.05) is 39.9 Å². The molecule has 8 heteroatoms. The van der Waals surface area contributed by atoms with Crippen LogP contribution in [0.3, 0.4) is 0 Å². The van der Waals surface area contributed by atoms with Crippen LogP contribution in [0.25, 0.3) is 0 Å². The molecule has 1 atom stereocenters. The molecule has 1 heterocycles. The largest absolute Gasteiger partial charge is 0.493 e. The Kier molecular flexibility index (Phi) is 6.89. The Morgan fingerprint density at radius 3 is 2.62 bits per heavy atom. The van der Waals surface area contributed by atoms with E-state index in [1.807, 2.05) is 24.0 Å². The number of nitrogens with one attached hydrogen (secondary N) is 1. The minimum absolute atomic E-state index is 0.302. The van der Waals surface area contributed by atoms with Gasteiger partial charge in [-0.05, 0) is 37.3 Å². The summed E-state index contributed by atoms with van der Waals surface area (Å²) < 4.78 is 37.4. The van der Waals surface area contributed by atoms with Crippen LogP contribution in [0.4, 0.5) is 0 Å². The first-order chi connectivity index (χ1) is 14.0. The summed E-state index contributed by atoms with van der Waals surface area (Å²) in [5.41, 5.74) is 1.52. The smallest absolute Gasteiger partial charge is 0.195 e. The molecule has 0 aliphatic carbocycles. The lowest BCUT2D eigenvalue weighted by Crippen LogP contribution is -2.55. The molecule has 0 spiro atoms. The van der Waals surface area contributed by atoms with Gasteiger partial charge in [0.15, 0.2) is 21.3 Å². The van der Waals surface area contributed by atoms with Gasteiger partial charge in [0.2, 0.25) is 0 Å². The van der Waals surface area contributed by atoms with Crippen LogP contribution < -0.4 is 14.8 Å². The van der Waals surface area contributed by atoms with E-state index in [-0.39, 0.29) is 0 Å². The lowest BCUT2D eigenvalue weighted by Gasteiger charge is -2.35. The second-order valence-corrected chi connectivity index (χ2v) is 9.03. The van der Waals surface area contributed by atoms with Gasteiger partial charge in [-0.25, -0.2) is 8.42 Å². The van der Waals surface area contributed by atoms with E-state index in [4.69, 9.17) is 9.47 Å². The Morgan fingerprint density at radius 1 is 1.17 bits per heavy atom. The van der Waals surface area contributed by atoms with Crippen molar-refractivity contribution < 1.29 is 22.7 Å².